The number of hydrogen-bond donors (Lipinski definition) is 1. The number of nitrogens with zero attached hydrogens (tertiary/aromatic N) is 1. The minimum atomic E-state index is -0.667. The molecule has 1 aliphatic heterocycles. The summed E-state index contributed by atoms with van der Waals surface area (Å²) in [5.74, 6) is 0.563. The number of rotatable bonds is 5. The van der Waals surface area contributed by atoms with Crippen molar-refractivity contribution in [3.8, 4) is 0 Å². The van der Waals surface area contributed by atoms with Gasteiger partial charge in [0.15, 0.2) is 0 Å². The van der Waals surface area contributed by atoms with Gasteiger partial charge in [-0.1, -0.05) is 20.8 Å². The number of aliphatic hydroxyl groups is 1. The summed E-state index contributed by atoms with van der Waals surface area (Å²) < 4.78 is 4.99. The van der Waals surface area contributed by atoms with Crippen molar-refractivity contribution in [1.29, 1.82) is 0 Å². The van der Waals surface area contributed by atoms with Gasteiger partial charge in [0, 0.05) is 20.1 Å². The molecule has 0 aromatic rings. The number of carbonyl (C=O) groups is 1. The standard InChI is InChI=1S/C12H23NO3/c1-9(2)12(15)7-13(8-12)11(14)5-10(3)6-16-4/h9-10,15H,5-8H2,1-4H3. The first-order valence-corrected chi connectivity index (χ1v) is 5.88. The highest BCUT2D eigenvalue weighted by Crippen LogP contribution is 2.29. The van der Waals surface area contributed by atoms with Crippen LogP contribution in [0, 0.1) is 11.8 Å². The van der Waals surface area contributed by atoms with Crippen LogP contribution in [0.1, 0.15) is 27.2 Å². The number of carbonyl (C=O) groups excluding carboxylic acids is 1. The summed E-state index contributed by atoms with van der Waals surface area (Å²) in [5.41, 5.74) is -0.667. The molecule has 4 heteroatoms. The third-order valence-corrected chi connectivity index (χ3v) is 3.33. The van der Waals surface area contributed by atoms with E-state index >= 15 is 0 Å². The molecule has 0 radical (unpaired) electrons. The molecule has 16 heavy (non-hydrogen) atoms. The highest BCUT2D eigenvalue weighted by molar-refractivity contribution is 5.77. The van der Waals surface area contributed by atoms with Gasteiger partial charge in [-0.3, -0.25) is 4.79 Å². The van der Waals surface area contributed by atoms with Crippen molar-refractivity contribution in [2.45, 2.75) is 32.8 Å². The number of likely N-dealkylation sites (tertiary alicyclic amines) is 1. The lowest BCUT2D eigenvalue weighted by Gasteiger charge is -2.49. The van der Waals surface area contributed by atoms with Gasteiger partial charge >= 0.3 is 0 Å². The first-order chi connectivity index (χ1) is 7.39. The summed E-state index contributed by atoms with van der Waals surface area (Å²) >= 11 is 0. The van der Waals surface area contributed by atoms with E-state index in [9.17, 15) is 9.90 Å². The van der Waals surface area contributed by atoms with Gasteiger partial charge in [-0.2, -0.15) is 0 Å². The number of ether oxygens (including phenoxy) is 1. The van der Waals surface area contributed by atoms with Crippen molar-refractivity contribution in [3.63, 3.8) is 0 Å². The van der Waals surface area contributed by atoms with Crippen LogP contribution >= 0.6 is 0 Å². The predicted octanol–water partition coefficient (Wildman–Crippen LogP) is 0.888. The quantitative estimate of drug-likeness (QED) is 0.761. The maximum Gasteiger partial charge on any atom is 0.223 e. The summed E-state index contributed by atoms with van der Waals surface area (Å²) in [4.78, 5) is 13.5. The van der Waals surface area contributed by atoms with Crippen LogP contribution in [0.5, 0.6) is 0 Å². The number of amides is 1. The van der Waals surface area contributed by atoms with E-state index in [2.05, 4.69) is 0 Å². The molecule has 0 saturated carbocycles. The van der Waals surface area contributed by atoms with Gasteiger partial charge in [-0.05, 0) is 11.8 Å². The van der Waals surface area contributed by atoms with E-state index in [0.29, 0.717) is 26.1 Å². The molecule has 1 heterocycles. The Morgan fingerprint density at radius 2 is 2.00 bits per heavy atom. The summed E-state index contributed by atoms with van der Waals surface area (Å²) in [7, 11) is 1.64. The Morgan fingerprint density at radius 3 is 2.44 bits per heavy atom. The van der Waals surface area contributed by atoms with E-state index in [0.717, 1.165) is 0 Å². The molecule has 1 aliphatic rings. The van der Waals surface area contributed by atoms with E-state index in [-0.39, 0.29) is 17.7 Å². The first kappa shape index (κ1) is 13.5. The van der Waals surface area contributed by atoms with E-state index < -0.39 is 5.60 Å². The predicted molar refractivity (Wildman–Crippen MR) is 62.0 cm³/mol. The lowest BCUT2D eigenvalue weighted by Crippen LogP contribution is -2.66. The second kappa shape index (κ2) is 5.15. The Kier molecular flexibility index (Phi) is 4.33. The van der Waals surface area contributed by atoms with Crippen molar-refractivity contribution >= 4 is 5.91 Å². The molecule has 1 N–H and O–H groups in total. The van der Waals surface area contributed by atoms with Gasteiger partial charge in [0.2, 0.25) is 5.91 Å². The maximum absolute atomic E-state index is 11.8. The fourth-order valence-corrected chi connectivity index (χ4v) is 1.93. The Balaban J connectivity index is 2.32. The van der Waals surface area contributed by atoms with Crippen molar-refractivity contribution in [3.05, 3.63) is 0 Å². The topological polar surface area (TPSA) is 49.8 Å². The molecule has 4 nitrogen and oxygen atoms in total. The molecule has 94 valence electrons. The van der Waals surface area contributed by atoms with Gasteiger partial charge in [-0.15, -0.1) is 0 Å². The summed E-state index contributed by atoms with van der Waals surface area (Å²) in [5, 5.41) is 10.0. The van der Waals surface area contributed by atoms with E-state index in [4.69, 9.17) is 4.74 Å². The van der Waals surface area contributed by atoms with Crippen molar-refractivity contribution < 1.29 is 14.6 Å². The van der Waals surface area contributed by atoms with Gasteiger partial charge in [0.1, 0.15) is 5.60 Å². The van der Waals surface area contributed by atoms with Crippen LogP contribution in [0.4, 0.5) is 0 Å². The zero-order valence-corrected chi connectivity index (χ0v) is 10.7. The molecule has 1 unspecified atom stereocenters. The Morgan fingerprint density at radius 1 is 1.44 bits per heavy atom. The fraction of sp³-hybridized carbons (Fsp3) is 0.917. The Hall–Kier alpha value is -0.610. The van der Waals surface area contributed by atoms with Crippen LogP contribution in [-0.4, -0.2) is 48.3 Å². The molecule has 0 aliphatic carbocycles. The normalized spacial score (nSPS) is 20.8. The maximum atomic E-state index is 11.8. The molecule has 1 rings (SSSR count). The third-order valence-electron chi connectivity index (χ3n) is 3.33. The van der Waals surface area contributed by atoms with Crippen molar-refractivity contribution in [2.75, 3.05) is 26.8 Å². The van der Waals surface area contributed by atoms with Gasteiger partial charge in [0.25, 0.3) is 0 Å². The summed E-state index contributed by atoms with van der Waals surface area (Å²) in [6.45, 7) is 7.51. The highest BCUT2D eigenvalue weighted by atomic mass is 16.5. The molecule has 0 spiro atoms. The van der Waals surface area contributed by atoms with Crippen molar-refractivity contribution in [1.82, 2.24) is 4.90 Å². The van der Waals surface area contributed by atoms with Crippen LogP contribution < -0.4 is 0 Å². The third kappa shape index (κ3) is 2.95. The molecule has 0 aromatic carbocycles. The average Bonchev–Trinajstić information content (AvgIpc) is 2.12. The lowest BCUT2D eigenvalue weighted by atomic mass is 9.82. The van der Waals surface area contributed by atoms with Crippen LogP contribution in [0.3, 0.4) is 0 Å². The molecule has 1 atom stereocenters. The molecule has 0 aromatic heterocycles. The number of methoxy groups -OCH3 is 1. The van der Waals surface area contributed by atoms with Crippen LogP contribution in [0.25, 0.3) is 0 Å². The fourth-order valence-electron chi connectivity index (χ4n) is 1.93. The highest BCUT2D eigenvalue weighted by Gasteiger charge is 2.45. The molecular weight excluding hydrogens is 206 g/mol. The molecule has 0 bridgehead atoms. The summed E-state index contributed by atoms with van der Waals surface area (Å²) in [6, 6.07) is 0. The minimum Gasteiger partial charge on any atom is -0.386 e. The molecule has 1 amide bonds. The first-order valence-electron chi connectivity index (χ1n) is 5.88. The number of hydrogen-bond acceptors (Lipinski definition) is 3. The number of β-amino-alcohol motifs (C(OH)–C–C–N with tert-alkyl or cyclic N) is 1. The van der Waals surface area contributed by atoms with Gasteiger partial charge in [0.05, 0.1) is 13.1 Å². The molecule has 1 saturated heterocycles. The van der Waals surface area contributed by atoms with Gasteiger partial charge < -0.3 is 14.7 Å². The van der Waals surface area contributed by atoms with E-state index in [1.54, 1.807) is 12.0 Å². The zero-order valence-electron chi connectivity index (χ0n) is 10.7. The molecular formula is C12H23NO3. The Bertz CT molecular complexity index is 247. The monoisotopic (exact) mass is 229 g/mol. The second-order valence-corrected chi connectivity index (χ2v) is 5.27. The van der Waals surface area contributed by atoms with E-state index in [1.807, 2.05) is 20.8 Å². The minimum absolute atomic E-state index is 0.120. The largest absolute Gasteiger partial charge is 0.386 e. The Labute approximate surface area is 97.6 Å². The van der Waals surface area contributed by atoms with Gasteiger partial charge in [-0.25, -0.2) is 0 Å². The van der Waals surface area contributed by atoms with E-state index in [1.165, 1.54) is 0 Å². The van der Waals surface area contributed by atoms with Crippen LogP contribution in [0.2, 0.25) is 0 Å². The average molecular weight is 229 g/mol. The van der Waals surface area contributed by atoms with Crippen molar-refractivity contribution in [2.24, 2.45) is 11.8 Å². The zero-order chi connectivity index (χ0) is 12.3. The smallest absolute Gasteiger partial charge is 0.223 e. The van der Waals surface area contributed by atoms with Crippen LogP contribution in [-0.2, 0) is 9.53 Å². The van der Waals surface area contributed by atoms with Crippen LogP contribution in [0.15, 0.2) is 0 Å². The SMILES string of the molecule is COCC(C)CC(=O)N1CC(O)(C(C)C)C1. The second-order valence-electron chi connectivity index (χ2n) is 5.27. The summed E-state index contributed by atoms with van der Waals surface area (Å²) in [6.07, 6.45) is 0.502. The molecule has 1 fully saturated rings. The lowest BCUT2D eigenvalue weighted by molar-refractivity contribution is -0.164.